The highest BCUT2D eigenvalue weighted by Crippen LogP contribution is 2.46. The van der Waals surface area contributed by atoms with E-state index in [0.29, 0.717) is 0 Å². The van der Waals surface area contributed by atoms with E-state index in [9.17, 15) is 0 Å². The van der Waals surface area contributed by atoms with Crippen LogP contribution < -0.4 is 0 Å². The Bertz CT molecular complexity index is 3540. The van der Waals surface area contributed by atoms with Crippen LogP contribution >= 0.6 is 0 Å². The first-order chi connectivity index (χ1) is 29.7. The quantitative estimate of drug-likeness (QED) is 0.160. The minimum atomic E-state index is 0.939. The van der Waals surface area contributed by atoms with Crippen LogP contribution in [0.4, 0.5) is 0 Å². The highest BCUT2D eigenvalue weighted by molar-refractivity contribution is 6.22. The number of rotatable bonds is 5. The summed E-state index contributed by atoms with van der Waals surface area (Å²) in [6, 6.07) is 77.4. The summed E-state index contributed by atoms with van der Waals surface area (Å²) in [6.07, 6.45) is 0. The summed E-state index contributed by atoms with van der Waals surface area (Å²) < 4.78 is 2.27. The monoisotopic (exact) mass is 762 g/mol. The summed E-state index contributed by atoms with van der Waals surface area (Å²) in [7, 11) is 0. The molecule has 0 aliphatic carbocycles. The Morgan fingerprint density at radius 3 is 1.25 bits per heavy atom. The Labute approximate surface area is 348 Å². The van der Waals surface area contributed by atoms with Crippen molar-refractivity contribution in [3.05, 3.63) is 218 Å². The van der Waals surface area contributed by atoms with E-state index >= 15 is 0 Å². The molecule has 11 aromatic carbocycles. The maximum Gasteiger partial charge on any atom is 0.145 e. The van der Waals surface area contributed by atoms with Gasteiger partial charge in [-0.1, -0.05) is 176 Å². The van der Waals surface area contributed by atoms with Gasteiger partial charge in [0, 0.05) is 11.3 Å². The Morgan fingerprint density at radius 2 is 0.717 bits per heavy atom. The van der Waals surface area contributed by atoms with Crippen LogP contribution in [0.1, 0.15) is 5.56 Å². The normalized spacial score (nSPS) is 11.8. The molecule has 0 radical (unpaired) electrons. The lowest BCUT2D eigenvalue weighted by Crippen LogP contribution is -1.97. The van der Waals surface area contributed by atoms with Crippen LogP contribution in [0.25, 0.3) is 115 Å². The van der Waals surface area contributed by atoms with E-state index in [1.54, 1.807) is 0 Å². The van der Waals surface area contributed by atoms with Gasteiger partial charge in [-0.3, -0.25) is 4.57 Å². The van der Waals surface area contributed by atoms with E-state index in [-0.39, 0.29) is 0 Å². The number of hydrogen-bond acceptors (Lipinski definition) is 1. The molecule has 0 amide bonds. The predicted octanol–water partition coefficient (Wildman–Crippen LogP) is 15.8. The van der Waals surface area contributed by atoms with Crippen molar-refractivity contribution in [3.8, 4) is 50.5 Å². The molecule has 0 saturated heterocycles. The maximum absolute atomic E-state index is 5.14. The van der Waals surface area contributed by atoms with Gasteiger partial charge in [0.2, 0.25) is 0 Å². The molecule has 2 heteroatoms. The van der Waals surface area contributed by atoms with Crippen molar-refractivity contribution in [3.63, 3.8) is 0 Å². The molecule has 2 nitrogen and oxygen atoms in total. The smallest absolute Gasteiger partial charge is 0.145 e. The van der Waals surface area contributed by atoms with Crippen molar-refractivity contribution in [1.82, 2.24) is 9.55 Å². The zero-order chi connectivity index (χ0) is 39.7. The summed E-state index contributed by atoms with van der Waals surface area (Å²) in [6.45, 7) is 2.25. The molecule has 0 aliphatic rings. The van der Waals surface area contributed by atoms with Gasteiger partial charge in [0.25, 0.3) is 0 Å². The molecule has 0 saturated carbocycles. The average molecular weight is 763 g/mol. The number of imidazole rings is 1. The van der Waals surface area contributed by atoms with Crippen molar-refractivity contribution in [2.45, 2.75) is 6.92 Å². The van der Waals surface area contributed by atoms with Crippen LogP contribution in [0.5, 0.6) is 0 Å². The van der Waals surface area contributed by atoms with Gasteiger partial charge < -0.3 is 0 Å². The fourth-order valence-electron chi connectivity index (χ4n) is 9.81. The molecule has 1 heterocycles. The van der Waals surface area contributed by atoms with E-state index in [1.165, 1.54) is 92.8 Å². The Balaban J connectivity index is 0.992. The zero-order valence-corrected chi connectivity index (χ0v) is 33.1. The molecule has 0 spiro atoms. The van der Waals surface area contributed by atoms with Crippen molar-refractivity contribution < 1.29 is 0 Å². The van der Waals surface area contributed by atoms with E-state index in [4.69, 9.17) is 4.98 Å². The molecule has 0 unspecified atom stereocenters. The van der Waals surface area contributed by atoms with Crippen molar-refractivity contribution in [2.24, 2.45) is 0 Å². The molecule has 12 rings (SSSR count). The minimum Gasteiger partial charge on any atom is -0.292 e. The summed E-state index contributed by atoms with van der Waals surface area (Å²) in [5, 5.41) is 12.6. The maximum atomic E-state index is 5.14. The molecular formula is C58H38N2. The molecule has 0 fully saturated rings. The Kier molecular flexibility index (Phi) is 7.79. The molecule has 0 aliphatic heterocycles. The van der Waals surface area contributed by atoms with Gasteiger partial charge in [-0.15, -0.1) is 0 Å². The van der Waals surface area contributed by atoms with Crippen LogP contribution in [0, 0.1) is 6.92 Å². The van der Waals surface area contributed by atoms with Crippen LogP contribution in [-0.2, 0) is 0 Å². The fourth-order valence-corrected chi connectivity index (χ4v) is 9.81. The molecule has 280 valence electrons. The lowest BCUT2D eigenvalue weighted by Gasteiger charge is -2.19. The van der Waals surface area contributed by atoms with Gasteiger partial charge in [0.1, 0.15) is 5.82 Å². The second kappa shape index (κ2) is 13.7. The minimum absolute atomic E-state index is 0.939. The van der Waals surface area contributed by atoms with E-state index < -0.39 is 0 Å². The van der Waals surface area contributed by atoms with Gasteiger partial charge >= 0.3 is 0 Å². The number of fused-ring (bicyclic) bond motifs is 6. The fraction of sp³-hybridized carbons (Fsp3) is 0.0172. The number of aromatic nitrogens is 2. The summed E-state index contributed by atoms with van der Waals surface area (Å²) in [4.78, 5) is 5.14. The standard InChI is InChI=1S/C58H38N2/c1-37-45-17-5-7-19-47(45)55(48-20-8-6-18-46(37)48)38-27-29-39(30-28-38)56-49-21-9-11-23-51(49)57(52-24-12-10-22-50(52)56)42-33-31-41-36-43(34-32-40(41)35-42)58-59-53-25-13-14-26-54(53)60(58)44-15-3-2-4-16-44/h2-36H,1H3. The molecule has 12 aromatic rings. The first kappa shape index (κ1) is 34.3. The second-order valence-corrected chi connectivity index (χ2v) is 15.9. The highest BCUT2D eigenvalue weighted by Gasteiger charge is 2.19. The molecule has 0 N–H and O–H groups in total. The lowest BCUT2D eigenvalue weighted by molar-refractivity contribution is 1.10. The molecule has 60 heavy (non-hydrogen) atoms. The first-order valence-electron chi connectivity index (χ1n) is 20.7. The van der Waals surface area contributed by atoms with Crippen LogP contribution in [0.3, 0.4) is 0 Å². The van der Waals surface area contributed by atoms with Gasteiger partial charge in [-0.25, -0.2) is 4.98 Å². The van der Waals surface area contributed by atoms with E-state index in [1.807, 2.05) is 0 Å². The van der Waals surface area contributed by atoms with Crippen LogP contribution in [0.2, 0.25) is 0 Å². The number of benzene rings is 11. The summed E-state index contributed by atoms with van der Waals surface area (Å²) in [5.41, 5.74) is 13.1. The average Bonchev–Trinajstić information content (AvgIpc) is 3.71. The van der Waals surface area contributed by atoms with Crippen molar-refractivity contribution >= 4 is 64.9 Å². The molecular weight excluding hydrogens is 725 g/mol. The lowest BCUT2D eigenvalue weighted by atomic mass is 9.84. The van der Waals surface area contributed by atoms with Gasteiger partial charge in [0.05, 0.1) is 11.0 Å². The first-order valence-corrected chi connectivity index (χ1v) is 20.7. The van der Waals surface area contributed by atoms with E-state index in [2.05, 4.69) is 224 Å². The molecule has 1 aromatic heterocycles. The second-order valence-electron chi connectivity index (χ2n) is 15.9. The van der Waals surface area contributed by atoms with Gasteiger partial charge in [0.15, 0.2) is 0 Å². The third kappa shape index (κ3) is 5.31. The topological polar surface area (TPSA) is 17.8 Å². The van der Waals surface area contributed by atoms with Crippen LogP contribution in [0.15, 0.2) is 212 Å². The number of para-hydroxylation sites is 3. The molecule has 0 atom stereocenters. The van der Waals surface area contributed by atoms with E-state index in [0.717, 1.165) is 28.1 Å². The Hall–Kier alpha value is -7.81. The van der Waals surface area contributed by atoms with Gasteiger partial charge in [-0.2, -0.15) is 0 Å². The third-order valence-electron chi connectivity index (χ3n) is 12.6. The predicted molar refractivity (Wildman–Crippen MR) is 255 cm³/mol. The Morgan fingerprint density at radius 1 is 0.333 bits per heavy atom. The SMILES string of the molecule is Cc1c2ccccc2c(-c2ccc(-c3c4ccccc4c(-c4ccc5cc(-c6nc7ccccc7n6-c6ccccc6)ccc5c4)c4ccccc34)cc2)c2ccccc12. The number of hydrogen-bond donors (Lipinski definition) is 0. The highest BCUT2D eigenvalue weighted by atomic mass is 15.1. The summed E-state index contributed by atoms with van der Waals surface area (Å²) >= 11 is 0. The number of nitrogens with zero attached hydrogens (tertiary/aromatic N) is 2. The number of aryl methyl sites for hydroxylation is 1. The third-order valence-corrected chi connectivity index (χ3v) is 12.6. The largest absolute Gasteiger partial charge is 0.292 e. The van der Waals surface area contributed by atoms with Crippen molar-refractivity contribution in [1.29, 1.82) is 0 Å². The molecule has 0 bridgehead atoms. The van der Waals surface area contributed by atoms with Crippen molar-refractivity contribution in [2.75, 3.05) is 0 Å². The summed E-state index contributed by atoms with van der Waals surface area (Å²) in [5.74, 6) is 0.939. The van der Waals surface area contributed by atoms with Crippen LogP contribution in [-0.4, -0.2) is 9.55 Å². The zero-order valence-electron chi connectivity index (χ0n) is 33.1. The van der Waals surface area contributed by atoms with Gasteiger partial charge in [-0.05, 0) is 136 Å².